The molecule has 1 saturated heterocycles. The Morgan fingerprint density at radius 2 is 2.27 bits per heavy atom. The van der Waals surface area contributed by atoms with Gasteiger partial charge in [-0.25, -0.2) is 0 Å². The first-order valence-electron chi connectivity index (χ1n) is 5.74. The predicted octanol–water partition coefficient (Wildman–Crippen LogP) is 0.149. The second-order valence-electron chi connectivity index (χ2n) is 4.59. The van der Waals surface area contributed by atoms with Crippen molar-refractivity contribution in [3.8, 4) is 0 Å². The maximum absolute atomic E-state index is 11.7. The zero-order chi connectivity index (χ0) is 11.3. The van der Waals surface area contributed by atoms with E-state index >= 15 is 0 Å². The Hall–Kier alpha value is -0.610. The summed E-state index contributed by atoms with van der Waals surface area (Å²) in [4.78, 5) is 16.0. The number of nitrogens with one attached hydrogen (secondary N) is 1. The van der Waals surface area contributed by atoms with Gasteiger partial charge in [-0.1, -0.05) is 0 Å². The minimum atomic E-state index is 0.115. The van der Waals surface area contributed by atoms with Crippen molar-refractivity contribution in [2.45, 2.75) is 25.3 Å². The molecule has 0 radical (unpaired) electrons. The van der Waals surface area contributed by atoms with Crippen LogP contribution in [0, 0.1) is 0 Å². The summed E-state index contributed by atoms with van der Waals surface area (Å²) < 4.78 is 0. The maximum atomic E-state index is 11.7. The lowest BCUT2D eigenvalue weighted by atomic mass is 10.2. The van der Waals surface area contributed by atoms with E-state index in [1.807, 2.05) is 21.1 Å². The summed E-state index contributed by atoms with van der Waals surface area (Å²) >= 11 is 0. The van der Waals surface area contributed by atoms with Crippen molar-refractivity contribution in [3.63, 3.8) is 0 Å². The van der Waals surface area contributed by atoms with Crippen molar-refractivity contribution in [1.29, 1.82) is 0 Å². The normalized spacial score (nSPS) is 22.3. The van der Waals surface area contributed by atoms with E-state index in [0.29, 0.717) is 0 Å². The molecule has 1 rings (SSSR count). The van der Waals surface area contributed by atoms with Gasteiger partial charge in [0.2, 0.25) is 5.91 Å². The summed E-state index contributed by atoms with van der Waals surface area (Å²) in [5.74, 6) is 0.203. The first-order valence-corrected chi connectivity index (χ1v) is 5.74. The Bertz CT molecular complexity index is 206. The van der Waals surface area contributed by atoms with Crippen LogP contribution in [0.5, 0.6) is 0 Å². The molecule has 4 nitrogen and oxygen atoms in total. The molecule has 0 aromatic rings. The molecule has 1 atom stereocenters. The number of likely N-dealkylation sites (tertiary alicyclic amines) is 1. The van der Waals surface area contributed by atoms with Gasteiger partial charge in [-0.3, -0.25) is 9.69 Å². The van der Waals surface area contributed by atoms with E-state index < -0.39 is 0 Å². The van der Waals surface area contributed by atoms with E-state index in [2.05, 4.69) is 15.1 Å². The quantitative estimate of drug-likeness (QED) is 0.660. The van der Waals surface area contributed by atoms with Gasteiger partial charge >= 0.3 is 0 Å². The van der Waals surface area contributed by atoms with Gasteiger partial charge in [0.25, 0.3) is 0 Å². The molecule has 0 spiro atoms. The zero-order valence-electron chi connectivity index (χ0n) is 10.1. The number of rotatable bonds is 5. The molecule has 4 heteroatoms. The highest BCUT2D eigenvalue weighted by atomic mass is 16.2. The molecule has 0 aromatic heterocycles. The summed E-state index contributed by atoms with van der Waals surface area (Å²) in [6.07, 6.45) is 3.18. The van der Waals surface area contributed by atoms with Crippen LogP contribution >= 0.6 is 0 Å². The van der Waals surface area contributed by atoms with Crippen LogP contribution in [0.1, 0.15) is 19.3 Å². The van der Waals surface area contributed by atoms with Gasteiger partial charge in [0, 0.05) is 6.54 Å². The molecule has 1 N–H and O–H groups in total. The third-order valence-electron chi connectivity index (χ3n) is 2.90. The highest BCUT2D eigenvalue weighted by Gasteiger charge is 2.26. The second kappa shape index (κ2) is 6.08. The molecule has 1 amide bonds. The van der Waals surface area contributed by atoms with Crippen LogP contribution in [0.2, 0.25) is 0 Å². The van der Waals surface area contributed by atoms with E-state index in [9.17, 15) is 4.79 Å². The van der Waals surface area contributed by atoms with Crippen molar-refractivity contribution in [1.82, 2.24) is 15.1 Å². The van der Waals surface area contributed by atoms with Crippen molar-refractivity contribution in [2.75, 3.05) is 40.8 Å². The molecule has 15 heavy (non-hydrogen) atoms. The Kier molecular flexibility index (Phi) is 5.05. The summed E-state index contributed by atoms with van der Waals surface area (Å²) in [5.41, 5.74) is 0. The summed E-state index contributed by atoms with van der Waals surface area (Å²) in [7, 11) is 6.12. The molecule has 0 aliphatic carbocycles. The summed E-state index contributed by atoms with van der Waals surface area (Å²) in [6.45, 7) is 2.87. The van der Waals surface area contributed by atoms with Gasteiger partial charge in [0.15, 0.2) is 0 Å². The van der Waals surface area contributed by atoms with Gasteiger partial charge in [-0.05, 0) is 53.5 Å². The van der Waals surface area contributed by atoms with Crippen molar-refractivity contribution in [3.05, 3.63) is 0 Å². The van der Waals surface area contributed by atoms with Crippen LogP contribution in [-0.4, -0.2) is 62.5 Å². The number of carbonyl (C=O) groups excluding carboxylic acids is 1. The third kappa shape index (κ3) is 4.18. The molecule has 0 saturated carbocycles. The third-order valence-corrected chi connectivity index (χ3v) is 2.90. The monoisotopic (exact) mass is 213 g/mol. The number of hydrogen-bond acceptors (Lipinski definition) is 3. The van der Waals surface area contributed by atoms with Crippen LogP contribution in [0.15, 0.2) is 0 Å². The lowest BCUT2D eigenvalue weighted by Gasteiger charge is -2.18. The molecule has 1 heterocycles. The van der Waals surface area contributed by atoms with Gasteiger partial charge in [-0.2, -0.15) is 0 Å². The maximum Gasteiger partial charge on any atom is 0.237 e. The van der Waals surface area contributed by atoms with E-state index in [1.54, 1.807) is 0 Å². The Morgan fingerprint density at radius 1 is 1.53 bits per heavy atom. The van der Waals surface area contributed by atoms with Crippen LogP contribution < -0.4 is 5.32 Å². The van der Waals surface area contributed by atoms with Crippen LogP contribution in [0.25, 0.3) is 0 Å². The Balaban J connectivity index is 2.13. The molecule has 1 fully saturated rings. The largest absolute Gasteiger partial charge is 0.355 e. The lowest BCUT2D eigenvalue weighted by Crippen LogP contribution is -2.42. The summed E-state index contributed by atoms with van der Waals surface area (Å²) in [6, 6.07) is 0.115. The van der Waals surface area contributed by atoms with E-state index in [4.69, 9.17) is 0 Å². The standard InChI is InChI=1S/C11H23N3O/c1-13(2)8-5-7-12-11(15)10-6-4-9-14(10)3/h10H,4-9H2,1-3H3,(H,12,15)/t10-/m1/s1. The highest BCUT2D eigenvalue weighted by Crippen LogP contribution is 2.14. The van der Waals surface area contributed by atoms with Gasteiger partial charge in [-0.15, -0.1) is 0 Å². The number of nitrogens with zero attached hydrogens (tertiary/aromatic N) is 2. The molecule has 0 aromatic carbocycles. The first-order chi connectivity index (χ1) is 7.11. The Labute approximate surface area is 92.6 Å². The molecular weight excluding hydrogens is 190 g/mol. The van der Waals surface area contributed by atoms with Crippen molar-refractivity contribution in [2.24, 2.45) is 0 Å². The fourth-order valence-corrected chi connectivity index (χ4v) is 1.97. The van der Waals surface area contributed by atoms with Crippen molar-refractivity contribution >= 4 is 5.91 Å². The summed E-state index contributed by atoms with van der Waals surface area (Å²) in [5, 5.41) is 3.00. The van der Waals surface area contributed by atoms with Crippen LogP contribution in [0.3, 0.4) is 0 Å². The van der Waals surface area contributed by atoms with Crippen LogP contribution in [0.4, 0.5) is 0 Å². The fraction of sp³-hybridized carbons (Fsp3) is 0.909. The van der Waals surface area contributed by atoms with E-state index in [0.717, 1.165) is 38.9 Å². The molecular formula is C11H23N3O. The molecule has 0 unspecified atom stereocenters. The van der Waals surface area contributed by atoms with Gasteiger partial charge in [0.05, 0.1) is 6.04 Å². The highest BCUT2D eigenvalue weighted by molar-refractivity contribution is 5.81. The predicted molar refractivity (Wildman–Crippen MR) is 61.8 cm³/mol. The van der Waals surface area contributed by atoms with E-state index in [1.165, 1.54) is 0 Å². The first kappa shape index (κ1) is 12.5. The molecule has 1 aliphatic rings. The second-order valence-corrected chi connectivity index (χ2v) is 4.59. The van der Waals surface area contributed by atoms with Gasteiger partial charge < -0.3 is 10.2 Å². The Morgan fingerprint density at radius 3 is 2.80 bits per heavy atom. The average Bonchev–Trinajstić information content (AvgIpc) is 2.58. The SMILES string of the molecule is CN(C)CCCNC(=O)[C@H]1CCCN1C. The number of amides is 1. The minimum absolute atomic E-state index is 0.115. The molecule has 88 valence electrons. The average molecular weight is 213 g/mol. The van der Waals surface area contributed by atoms with Crippen molar-refractivity contribution < 1.29 is 4.79 Å². The smallest absolute Gasteiger partial charge is 0.237 e. The number of hydrogen-bond donors (Lipinski definition) is 1. The van der Waals surface area contributed by atoms with E-state index in [-0.39, 0.29) is 11.9 Å². The molecule has 0 bridgehead atoms. The topological polar surface area (TPSA) is 35.6 Å². The lowest BCUT2D eigenvalue weighted by molar-refractivity contribution is -0.125. The number of likely N-dealkylation sites (N-methyl/N-ethyl adjacent to an activating group) is 1. The van der Waals surface area contributed by atoms with Crippen LogP contribution in [-0.2, 0) is 4.79 Å². The zero-order valence-corrected chi connectivity index (χ0v) is 10.1. The van der Waals surface area contributed by atoms with Gasteiger partial charge in [0.1, 0.15) is 0 Å². The number of carbonyl (C=O) groups is 1. The fourth-order valence-electron chi connectivity index (χ4n) is 1.97. The molecule has 1 aliphatic heterocycles. The minimum Gasteiger partial charge on any atom is -0.355 e.